The number of hydrogen-bond acceptors (Lipinski definition) is 4. The van der Waals surface area contributed by atoms with Gasteiger partial charge in [-0.05, 0) is 36.8 Å². The SMILES string of the molecule is Cc1c(NC(=O)/C=C/c2ccc(N)cc2)cccc1[N+](=O)[O-]. The largest absolute Gasteiger partial charge is 0.399 e. The van der Waals surface area contributed by atoms with Crippen LogP contribution in [0.15, 0.2) is 48.5 Å². The minimum Gasteiger partial charge on any atom is -0.399 e. The lowest BCUT2D eigenvalue weighted by atomic mass is 10.1. The summed E-state index contributed by atoms with van der Waals surface area (Å²) in [5, 5.41) is 13.5. The van der Waals surface area contributed by atoms with E-state index in [-0.39, 0.29) is 11.6 Å². The predicted molar refractivity (Wildman–Crippen MR) is 86.4 cm³/mol. The van der Waals surface area contributed by atoms with Crippen LogP contribution in [0.1, 0.15) is 11.1 Å². The van der Waals surface area contributed by atoms with E-state index in [1.165, 1.54) is 18.2 Å². The van der Waals surface area contributed by atoms with Crippen LogP contribution in [0.5, 0.6) is 0 Å². The van der Waals surface area contributed by atoms with Gasteiger partial charge >= 0.3 is 0 Å². The van der Waals surface area contributed by atoms with Gasteiger partial charge in [0.25, 0.3) is 5.69 Å². The average Bonchev–Trinajstić information content (AvgIpc) is 2.48. The van der Waals surface area contributed by atoms with Crippen molar-refractivity contribution in [3.8, 4) is 0 Å². The number of nitrogens with zero attached hydrogens (tertiary/aromatic N) is 1. The molecule has 0 aliphatic rings. The molecule has 0 saturated carbocycles. The van der Waals surface area contributed by atoms with Crippen LogP contribution in [0.3, 0.4) is 0 Å². The van der Waals surface area contributed by atoms with Gasteiger partial charge in [0.1, 0.15) is 0 Å². The van der Waals surface area contributed by atoms with Crippen molar-refractivity contribution in [2.75, 3.05) is 11.1 Å². The van der Waals surface area contributed by atoms with Crippen molar-refractivity contribution >= 4 is 29.0 Å². The molecular weight excluding hydrogens is 282 g/mol. The fourth-order valence-electron chi connectivity index (χ4n) is 1.91. The number of carbonyl (C=O) groups excluding carboxylic acids is 1. The van der Waals surface area contributed by atoms with E-state index in [9.17, 15) is 14.9 Å². The molecule has 0 saturated heterocycles. The van der Waals surface area contributed by atoms with Crippen LogP contribution >= 0.6 is 0 Å². The Balaban J connectivity index is 2.11. The van der Waals surface area contributed by atoms with Crippen molar-refractivity contribution in [3.63, 3.8) is 0 Å². The molecule has 0 fully saturated rings. The summed E-state index contributed by atoms with van der Waals surface area (Å²) in [6.45, 7) is 1.59. The van der Waals surface area contributed by atoms with E-state index in [2.05, 4.69) is 5.32 Å². The molecule has 3 N–H and O–H groups in total. The third-order valence-electron chi connectivity index (χ3n) is 3.12. The molecule has 1 amide bonds. The van der Waals surface area contributed by atoms with E-state index in [0.29, 0.717) is 16.9 Å². The van der Waals surface area contributed by atoms with E-state index in [0.717, 1.165) is 5.56 Å². The maximum absolute atomic E-state index is 11.9. The Morgan fingerprint density at radius 1 is 1.23 bits per heavy atom. The Morgan fingerprint density at radius 3 is 2.55 bits per heavy atom. The Bertz CT molecular complexity index is 737. The van der Waals surface area contributed by atoms with Gasteiger partial charge in [0.05, 0.1) is 16.2 Å². The second kappa shape index (κ2) is 6.53. The molecule has 6 nitrogen and oxygen atoms in total. The Kier molecular flexibility index (Phi) is 4.53. The third kappa shape index (κ3) is 3.69. The number of nitro benzene ring substituents is 1. The standard InChI is InChI=1S/C16H15N3O3/c1-11-14(3-2-4-15(11)19(21)22)18-16(20)10-7-12-5-8-13(17)9-6-12/h2-10H,17H2,1H3,(H,18,20)/b10-7+. The van der Waals surface area contributed by atoms with E-state index in [1.807, 2.05) is 0 Å². The molecule has 2 aromatic carbocycles. The van der Waals surface area contributed by atoms with Crippen molar-refractivity contribution in [1.82, 2.24) is 0 Å². The van der Waals surface area contributed by atoms with Crippen molar-refractivity contribution in [3.05, 3.63) is 69.8 Å². The summed E-state index contributed by atoms with van der Waals surface area (Å²) in [6, 6.07) is 11.6. The highest BCUT2D eigenvalue weighted by Crippen LogP contribution is 2.24. The Hall–Kier alpha value is -3.15. The lowest BCUT2D eigenvalue weighted by Gasteiger charge is -2.06. The molecule has 0 unspecified atom stereocenters. The van der Waals surface area contributed by atoms with E-state index >= 15 is 0 Å². The monoisotopic (exact) mass is 297 g/mol. The van der Waals surface area contributed by atoms with Gasteiger partial charge in [0.15, 0.2) is 0 Å². The molecule has 0 radical (unpaired) electrons. The molecule has 2 rings (SSSR count). The number of anilines is 2. The summed E-state index contributed by atoms with van der Waals surface area (Å²) in [5.41, 5.74) is 7.87. The van der Waals surface area contributed by atoms with Crippen LogP contribution in [-0.2, 0) is 4.79 Å². The van der Waals surface area contributed by atoms with Gasteiger partial charge in [-0.1, -0.05) is 18.2 Å². The maximum Gasteiger partial charge on any atom is 0.274 e. The zero-order valence-corrected chi connectivity index (χ0v) is 11.9. The third-order valence-corrected chi connectivity index (χ3v) is 3.12. The minimum absolute atomic E-state index is 0.0275. The topological polar surface area (TPSA) is 98.3 Å². The summed E-state index contributed by atoms with van der Waals surface area (Å²) < 4.78 is 0. The molecule has 0 bridgehead atoms. The predicted octanol–water partition coefficient (Wildman–Crippen LogP) is 3.14. The van der Waals surface area contributed by atoms with Gasteiger partial charge in [-0.25, -0.2) is 0 Å². The number of nitrogens with two attached hydrogens (primary N) is 1. The normalized spacial score (nSPS) is 10.6. The zero-order valence-electron chi connectivity index (χ0n) is 11.9. The van der Waals surface area contributed by atoms with Gasteiger partial charge < -0.3 is 11.1 Å². The van der Waals surface area contributed by atoms with Crippen LogP contribution in [0, 0.1) is 17.0 Å². The van der Waals surface area contributed by atoms with Crippen molar-refractivity contribution in [1.29, 1.82) is 0 Å². The van der Waals surface area contributed by atoms with Crippen LogP contribution in [0.2, 0.25) is 0 Å². The van der Waals surface area contributed by atoms with Crippen molar-refractivity contribution in [2.45, 2.75) is 6.92 Å². The fourth-order valence-corrected chi connectivity index (χ4v) is 1.91. The highest BCUT2D eigenvalue weighted by molar-refractivity contribution is 6.02. The smallest absolute Gasteiger partial charge is 0.274 e. The number of nitrogen functional groups attached to an aromatic ring is 1. The molecule has 112 valence electrons. The average molecular weight is 297 g/mol. The highest BCUT2D eigenvalue weighted by atomic mass is 16.6. The number of hydrogen-bond donors (Lipinski definition) is 2. The molecule has 6 heteroatoms. The minimum atomic E-state index is -0.477. The molecule has 0 heterocycles. The van der Waals surface area contributed by atoms with Gasteiger partial charge in [-0.2, -0.15) is 0 Å². The Morgan fingerprint density at radius 2 is 1.91 bits per heavy atom. The second-order valence-corrected chi connectivity index (χ2v) is 4.70. The van der Waals surface area contributed by atoms with Crippen molar-refractivity contribution < 1.29 is 9.72 Å². The van der Waals surface area contributed by atoms with E-state index < -0.39 is 4.92 Å². The van der Waals surface area contributed by atoms with Gasteiger partial charge in [0.2, 0.25) is 5.91 Å². The summed E-state index contributed by atoms with van der Waals surface area (Å²) >= 11 is 0. The number of nitrogens with one attached hydrogen (secondary N) is 1. The first-order valence-corrected chi connectivity index (χ1v) is 6.56. The summed E-state index contributed by atoms with van der Waals surface area (Å²) in [5.74, 6) is -0.361. The van der Waals surface area contributed by atoms with Gasteiger partial charge in [0, 0.05) is 17.8 Å². The number of carbonyl (C=O) groups is 1. The lowest BCUT2D eigenvalue weighted by molar-refractivity contribution is -0.385. The zero-order chi connectivity index (χ0) is 16.1. The summed E-state index contributed by atoms with van der Waals surface area (Å²) in [4.78, 5) is 22.3. The summed E-state index contributed by atoms with van der Waals surface area (Å²) in [7, 11) is 0. The number of rotatable bonds is 4. The number of nitro groups is 1. The fraction of sp³-hybridized carbons (Fsp3) is 0.0625. The first kappa shape index (κ1) is 15.2. The first-order valence-electron chi connectivity index (χ1n) is 6.56. The highest BCUT2D eigenvalue weighted by Gasteiger charge is 2.13. The molecule has 2 aromatic rings. The number of amides is 1. The number of benzene rings is 2. The first-order chi connectivity index (χ1) is 10.5. The van der Waals surface area contributed by atoms with Crippen molar-refractivity contribution in [2.24, 2.45) is 0 Å². The molecule has 0 aliphatic carbocycles. The van der Waals surface area contributed by atoms with Crippen LogP contribution in [0.25, 0.3) is 6.08 Å². The molecule has 0 atom stereocenters. The molecular formula is C16H15N3O3. The van der Waals surface area contributed by atoms with E-state index in [1.54, 1.807) is 43.3 Å². The molecule has 22 heavy (non-hydrogen) atoms. The lowest BCUT2D eigenvalue weighted by Crippen LogP contribution is -2.09. The second-order valence-electron chi connectivity index (χ2n) is 4.70. The van der Waals surface area contributed by atoms with E-state index in [4.69, 9.17) is 5.73 Å². The molecule has 0 spiro atoms. The van der Waals surface area contributed by atoms with Crippen LogP contribution in [-0.4, -0.2) is 10.8 Å². The van der Waals surface area contributed by atoms with Crippen LogP contribution in [0.4, 0.5) is 17.1 Å². The summed E-state index contributed by atoms with van der Waals surface area (Å²) in [6.07, 6.45) is 3.01. The Labute approximate surface area is 127 Å². The van der Waals surface area contributed by atoms with Crippen LogP contribution < -0.4 is 11.1 Å². The van der Waals surface area contributed by atoms with Gasteiger partial charge in [-0.15, -0.1) is 0 Å². The van der Waals surface area contributed by atoms with Gasteiger partial charge in [-0.3, -0.25) is 14.9 Å². The maximum atomic E-state index is 11.9. The molecule has 0 aliphatic heterocycles. The molecule has 0 aromatic heterocycles. The quantitative estimate of drug-likeness (QED) is 0.392.